The van der Waals surface area contributed by atoms with Crippen LogP contribution in [0, 0.1) is 0 Å². The molecule has 3 nitrogen and oxygen atoms in total. The van der Waals surface area contributed by atoms with Crippen LogP contribution in [0.2, 0.25) is 5.02 Å². The molecule has 0 radical (unpaired) electrons. The van der Waals surface area contributed by atoms with Crippen LogP contribution in [0.25, 0.3) is 0 Å². The molecule has 0 saturated heterocycles. The second-order valence-electron chi connectivity index (χ2n) is 4.36. The van der Waals surface area contributed by atoms with Crippen LogP contribution >= 0.6 is 27.5 Å². The van der Waals surface area contributed by atoms with E-state index in [1.54, 1.807) is 12.1 Å². The predicted molar refractivity (Wildman–Crippen MR) is 86.2 cm³/mol. The average molecular weight is 354 g/mol. The van der Waals surface area contributed by atoms with Crippen LogP contribution in [0.5, 0.6) is 0 Å². The van der Waals surface area contributed by atoms with Crippen molar-refractivity contribution < 1.29 is 4.79 Å². The molecule has 0 aliphatic carbocycles. The van der Waals surface area contributed by atoms with Gasteiger partial charge >= 0.3 is 6.03 Å². The van der Waals surface area contributed by atoms with Crippen LogP contribution in [-0.4, -0.2) is 6.03 Å². The molecule has 1 unspecified atom stereocenters. The van der Waals surface area contributed by atoms with Gasteiger partial charge in [0.15, 0.2) is 0 Å². The number of anilines is 1. The highest BCUT2D eigenvalue weighted by Gasteiger charge is 2.10. The van der Waals surface area contributed by atoms with Crippen molar-refractivity contribution >= 4 is 39.2 Å². The van der Waals surface area contributed by atoms with Crippen LogP contribution in [0.3, 0.4) is 0 Å². The van der Waals surface area contributed by atoms with Crippen molar-refractivity contribution in [2.24, 2.45) is 0 Å². The van der Waals surface area contributed by atoms with Crippen molar-refractivity contribution in [3.05, 3.63) is 63.6 Å². The zero-order chi connectivity index (χ0) is 14.5. The van der Waals surface area contributed by atoms with Gasteiger partial charge in [0.2, 0.25) is 0 Å². The molecule has 0 heterocycles. The maximum Gasteiger partial charge on any atom is 0.319 e. The molecule has 1 atom stereocenters. The second-order valence-corrected chi connectivity index (χ2v) is 5.68. The van der Waals surface area contributed by atoms with Crippen LogP contribution in [0.4, 0.5) is 10.5 Å². The summed E-state index contributed by atoms with van der Waals surface area (Å²) in [6, 6.07) is 14.5. The van der Waals surface area contributed by atoms with Crippen LogP contribution in [0.15, 0.2) is 53.0 Å². The van der Waals surface area contributed by atoms with Crippen molar-refractivity contribution in [1.82, 2.24) is 5.32 Å². The van der Waals surface area contributed by atoms with Gasteiger partial charge in [-0.2, -0.15) is 0 Å². The third-order valence-corrected chi connectivity index (χ3v) is 3.64. The Labute approximate surface area is 131 Å². The summed E-state index contributed by atoms with van der Waals surface area (Å²) in [5.74, 6) is 0. The summed E-state index contributed by atoms with van der Waals surface area (Å²) in [5, 5.41) is 6.11. The summed E-state index contributed by atoms with van der Waals surface area (Å²) >= 11 is 9.41. The molecule has 104 valence electrons. The maximum absolute atomic E-state index is 11.9. The van der Waals surface area contributed by atoms with E-state index < -0.39 is 0 Å². The van der Waals surface area contributed by atoms with Gasteiger partial charge in [-0.1, -0.05) is 51.8 Å². The Kier molecular flexibility index (Phi) is 5.04. The molecule has 0 aliphatic heterocycles. The zero-order valence-corrected chi connectivity index (χ0v) is 13.2. The van der Waals surface area contributed by atoms with Crippen LogP contribution in [0.1, 0.15) is 18.5 Å². The number of hydrogen-bond acceptors (Lipinski definition) is 1. The van der Waals surface area contributed by atoms with Gasteiger partial charge in [-0.15, -0.1) is 0 Å². The third-order valence-electron chi connectivity index (χ3n) is 2.82. The Balaban J connectivity index is 2.00. The Bertz CT molecular complexity index is 618. The van der Waals surface area contributed by atoms with E-state index in [0.29, 0.717) is 10.7 Å². The smallest absolute Gasteiger partial charge is 0.319 e. The number of carbonyl (C=O) groups is 1. The highest BCUT2D eigenvalue weighted by atomic mass is 79.9. The number of urea groups is 1. The fourth-order valence-corrected chi connectivity index (χ4v) is 2.38. The molecule has 0 bridgehead atoms. The van der Waals surface area contributed by atoms with Gasteiger partial charge in [-0.3, -0.25) is 0 Å². The lowest BCUT2D eigenvalue weighted by atomic mass is 10.1. The largest absolute Gasteiger partial charge is 0.331 e. The van der Waals surface area contributed by atoms with E-state index in [1.165, 1.54) is 0 Å². The molecular formula is C15H14BrClN2O. The van der Waals surface area contributed by atoms with Gasteiger partial charge in [0.05, 0.1) is 16.8 Å². The van der Waals surface area contributed by atoms with E-state index in [4.69, 9.17) is 11.6 Å². The van der Waals surface area contributed by atoms with E-state index in [2.05, 4.69) is 26.6 Å². The van der Waals surface area contributed by atoms with Gasteiger partial charge in [0.1, 0.15) is 0 Å². The Morgan fingerprint density at radius 3 is 2.65 bits per heavy atom. The molecule has 0 aliphatic rings. The van der Waals surface area contributed by atoms with Gasteiger partial charge in [-0.25, -0.2) is 4.79 Å². The SMILES string of the molecule is CC(NC(=O)Nc1ccccc1Cl)c1cccc(Br)c1. The molecule has 2 amide bonds. The number of halogens is 2. The monoisotopic (exact) mass is 352 g/mol. The molecule has 0 spiro atoms. The number of rotatable bonds is 3. The number of carbonyl (C=O) groups excluding carboxylic acids is 1. The first-order valence-corrected chi connectivity index (χ1v) is 7.31. The quantitative estimate of drug-likeness (QED) is 0.802. The first-order chi connectivity index (χ1) is 9.56. The highest BCUT2D eigenvalue weighted by molar-refractivity contribution is 9.10. The summed E-state index contributed by atoms with van der Waals surface area (Å²) in [4.78, 5) is 11.9. The van der Waals surface area contributed by atoms with E-state index in [-0.39, 0.29) is 12.1 Å². The normalized spacial score (nSPS) is 11.8. The van der Waals surface area contributed by atoms with E-state index in [0.717, 1.165) is 10.0 Å². The first kappa shape index (κ1) is 14.9. The molecule has 0 saturated carbocycles. The van der Waals surface area contributed by atoms with Gasteiger partial charge in [0, 0.05) is 4.47 Å². The molecule has 2 N–H and O–H groups in total. The summed E-state index contributed by atoms with van der Waals surface area (Å²) in [6.45, 7) is 1.92. The van der Waals surface area contributed by atoms with E-state index in [1.807, 2.05) is 43.3 Å². The number of benzene rings is 2. The van der Waals surface area contributed by atoms with Crippen LogP contribution in [-0.2, 0) is 0 Å². The molecule has 2 aromatic rings. The lowest BCUT2D eigenvalue weighted by molar-refractivity contribution is 0.249. The van der Waals surface area contributed by atoms with Crippen LogP contribution < -0.4 is 10.6 Å². The van der Waals surface area contributed by atoms with Crippen molar-refractivity contribution in [3.63, 3.8) is 0 Å². The molecule has 20 heavy (non-hydrogen) atoms. The molecule has 0 fully saturated rings. The lowest BCUT2D eigenvalue weighted by Crippen LogP contribution is -2.31. The van der Waals surface area contributed by atoms with Crippen molar-refractivity contribution in [1.29, 1.82) is 0 Å². The maximum atomic E-state index is 11.9. The summed E-state index contributed by atoms with van der Waals surface area (Å²) in [5.41, 5.74) is 1.61. The Morgan fingerprint density at radius 1 is 1.20 bits per heavy atom. The number of amides is 2. The first-order valence-electron chi connectivity index (χ1n) is 6.14. The number of nitrogens with one attached hydrogen (secondary N) is 2. The summed E-state index contributed by atoms with van der Waals surface area (Å²) in [7, 11) is 0. The van der Waals surface area contributed by atoms with Gasteiger partial charge < -0.3 is 10.6 Å². The molecule has 5 heteroatoms. The standard InChI is InChI=1S/C15H14BrClN2O/c1-10(11-5-4-6-12(16)9-11)18-15(20)19-14-8-3-2-7-13(14)17/h2-10H,1H3,(H2,18,19,20). The Hall–Kier alpha value is -1.52. The average Bonchev–Trinajstić information content (AvgIpc) is 2.41. The minimum Gasteiger partial charge on any atom is -0.331 e. The molecule has 0 aromatic heterocycles. The van der Waals surface area contributed by atoms with E-state index >= 15 is 0 Å². The summed E-state index contributed by atoms with van der Waals surface area (Å²) < 4.78 is 0.982. The predicted octanol–water partition coefficient (Wildman–Crippen LogP) is 4.99. The van der Waals surface area contributed by atoms with Crippen molar-refractivity contribution in [2.75, 3.05) is 5.32 Å². The fraction of sp³-hybridized carbons (Fsp3) is 0.133. The topological polar surface area (TPSA) is 41.1 Å². The minimum atomic E-state index is -0.287. The van der Waals surface area contributed by atoms with Crippen molar-refractivity contribution in [2.45, 2.75) is 13.0 Å². The summed E-state index contributed by atoms with van der Waals surface area (Å²) in [6.07, 6.45) is 0. The van der Waals surface area contributed by atoms with E-state index in [9.17, 15) is 4.79 Å². The second kappa shape index (κ2) is 6.77. The molecular weight excluding hydrogens is 340 g/mol. The zero-order valence-electron chi connectivity index (χ0n) is 10.9. The number of hydrogen-bond donors (Lipinski definition) is 2. The number of para-hydroxylation sites is 1. The van der Waals surface area contributed by atoms with Gasteiger partial charge in [-0.05, 0) is 36.8 Å². The van der Waals surface area contributed by atoms with Crippen molar-refractivity contribution in [3.8, 4) is 0 Å². The third kappa shape index (κ3) is 3.99. The van der Waals surface area contributed by atoms with Gasteiger partial charge in [0.25, 0.3) is 0 Å². The molecule has 2 rings (SSSR count). The highest BCUT2D eigenvalue weighted by Crippen LogP contribution is 2.21. The molecule has 2 aromatic carbocycles. The Morgan fingerprint density at radius 2 is 1.95 bits per heavy atom. The minimum absolute atomic E-state index is 0.102. The lowest BCUT2D eigenvalue weighted by Gasteiger charge is -2.15. The fourth-order valence-electron chi connectivity index (χ4n) is 1.78.